The van der Waals surface area contributed by atoms with Crippen molar-refractivity contribution in [1.82, 2.24) is 29.1 Å². The maximum Gasteiger partial charge on any atom is 0.276 e. The number of nitrogens with zero attached hydrogens (tertiary/aromatic N) is 6. The summed E-state index contributed by atoms with van der Waals surface area (Å²) in [5.41, 5.74) is 2.18. The summed E-state index contributed by atoms with van der Waals surface area (Å²) in [5.74, 6) is 0.432. The van der Waals surface area contributed by atoms with Crippen LogP contribution < -0.4 is 0 Å². The van der Waals surface area contributed by atoms with E-state index in [1.807, 2.05) is 20.3 Å². The number of carbonyl (C=O) groups excluding carboxylic acids is 2. The Labute approximate surface area is 165 Å². The normalized spacial score (nSPS) is 21.1. The Balaban J connectivity index is 1.56. The lowest BCUT2D eigenvalue weighted by molar-refractivity contribution is -0.129. The number of likely N-dealkylation sites (N-methyl/N-ethyl adjacent to an activating group) is 1. The molecule has 4 heterocycles. The van der Waals surface area contributed by atoms with Gasteiger partial charge >= 0.3 is 0 Å². The van der Waals surface area contributed by atoms with Crippen LogP contribution in [0.25, 0.3) is 5.65 Å². The van der Waals surface area contributed by atoms with E-state index in [0.29, 0.717) is 23.3 Å². The number of rotatable bonds is 3. The van der Waals surface area contributed by atoms with E-state index in [4.69, 9.17) is 0 Å². The molecule has 0 bridgehead atoms. The van der Waals surface area contributed by atoms with Gasteiger partial charge in [0, 0.05) is 57.0 Å². The summed E-state index contributed by atoms with van der Waals surface area (Å²) in [5, 5.41) is 0. The Morgan fingerprint density at radius 1 is 1.07 bits per heavy atom. The second kappa shape index (κ2) is 7.50. The number of carbonyl (C=O) groups is 2. The van der Waals surface area contributed by atoms with Gasteiger partial charge in [0.25, 0.3) is 5.91 Å². The van der Waals surface area contributed by atoms with Crippen molar-refractivity contribution in [3.05, 3.63) is 30.0 Å². The average molecular weight is 384 g/mol. The zero-order valence-corrected chi connectivity index (χ0v) is 16.8. The first-order chi connectivity index (χ1) is 13.5. The number of likely N-dealkylation sites (tertiary alicyclic amines) is 2. The Bertz CT molecular complexity index is 884. The maximum absolute atomic E-state index is 13.0. The van der Waals surface area contributed by atoms with Crippen molar-refractivity contribution >= 4 is 17.5 Å². The van der Waals surface area contributed by atoms with Crippen LogP contribution in [-0.2, 0) is 4.79 Å². The van der Waals surface area contributed by atoms with Gasteiger partial charge in [-0.15, -0.1) is 0 Å². The Morgan fingerprint density at radius 3 is 2.43 bits per heavy atom. The number of hydrogen-bond donors (Lipinski definition) is 0. The van der Waals surface area contributed by atoms with Crippen LogP contribution in [0.15, 0.2) is 18.6 Å². The van der Waals surface area contributed by atoms with Crippen molar-refractivity contribution in [2.24, 2.45) is 0 Å². The molecule has 28 heavy (non-hydrogen) atoms. The van der Waals surface area contributed by atoms with Gasteiger partial charge in [-0.1, -0.05) is 0 Å². The van der Waals surface area contributed by atoms with Crippen LogP contribution in [0.2, 0.25) is 0 Å². The van der Waals surface area contributed by atoms with E-state index < -0.39 is 0 Å². The lowest BCUT2D eigenvalue weighted by Crippen LogP contribution is -2.36. The summed E-state index contributed by atoms with van der Waals surface area (Å²) in [4.78, 5) is 39.5. The van der Waals surface area contributed by atoms with Gasteiger partial charge in [0.1, 0.15) is 6.33 Å². The van der Waals surface area contributed by atoms with E-state index in [1.54, 1.807) is 19.4 Å². The molecule has 0 aliphatic carbocycles. The first kappa shape index (κ1) is 18.9. The summed E-state index contributed by atoms with van der Waals surface area (Å²) in [6.45, 7) is 4.64. The molecule has 0 saturated carbocycles. The molecule has 2 fully saturated rings. The van der Waals surface area contributed by atoms with Gasteiger partial charge in [-0.25, -0.2) is 9.97 Å². The van der Waals surface area contributed by atoms with Gasteiger partial charge in [-0.3, -0.25) is 14.0 Å². The van der Waals surface area contributed by atoms with Gasteiger partial charge in [0.2, 0.25) is 5.91 Å². The summed E-state index contributed by atoms with van der Waals surface area (Å²) < 4.78 is 1.96. The number of amides is 2. The number of hydrogen-bond acceptors (Lipinski definition) is 5. The molecular weight excluding hydrogens is 356 g/mol. The third-order valence-corrected chi connectivity index (χ3v) is 6.20. The highest BCUT2D eigenvalue weighted by molar-refractivity contribution is 5.98. The zero-order valence-electron chi connectivity index (χ0n) is 16.8. The smallest absolute Gasteiger partial charge is 0.276 e. The third kappa shape index (κ3) is 3.37. The molecular formula is C20H28N6O2. The fraction of sp³-hybridized carbons (Fsp3) is 0.600. The van der Waals surface area contributed by atoms with Crippen LogP contribution in [0.3, 0.4) is 0 Å². The number of fused-ring (bicyclic) bond motifs is 1. The molecule has 0 spiro atoms. The first-order valence-corrected chi connectivity index (χ1v) is 9.99. The van der Waals surface area contributed by atoms with E-state index >= 15 is 0 Å². The van der Waals surface area contributed by atoms with Gasteiger partial charge in [-0.05, 0) is 39.4 Å². The highest BCUT2D eigenvalue weighted by Crippen LogP contribution is 2.29. The Morgan fingerprint density at radius 2 is 1.79 bits per heavy atom. The highest BCUT2D eigenvalue weighted by Gasteiger charge is 2.31. The molecule has 1 unspecified atom stereocenters. The largest absolute Gasteiger partial charge is 0.343 e. The van der Waals surface area contributed by atoms with E-state index in [0.717, 1.165) is 51.1 Å². The molecule has 2 aliphatic heterocycles. The molecule has 0 N–H and O–H groups in total. The van der Waals surface area contributed by atoms with Gasteiger partial charge in [0.15, 0.2) is 11.3 Å². The van der Waals surface area contributed by atoms with Crippen LogP contribution in [0, 0.1) is 0 Å². The lowest BCUT2D eigenvalue weighted by atomic mass is 9.93. The fourth-order valence-corrected chi connectivity index (χ4v) is 4.39. The standard InChI is InChI=1S/C20H28N6O2/c1-14(27)24-9-5-15(6-10-24)17-4-8-21-19-18(22-13-26(17)19)20(28)25-11-7-16(12-25)23(2)3/h4,8,13,15-16H,5-7,9-12H2,1-3H3. The maximum atomic E-state index is 13.0. The highest BCUT2D eigenvalue weighted by atomic mass is 16.2. The first-order valence-electron chi connectivity index (χ1n) is 9.99. The molecule has 150 valence electrons. The van der Waals surface area contributed by atoms with Crippen molar-refractivity contribution < 1.29 is 9.59 Å². The molecule has 2 aliphatic rings. The molecule has 2 amide bonds. The Hall–Kier alpha value is -2.48. The minimum atomic E-state index is -0.0390. The third-order valence-electron chi connectivity index (χ3n) is 6.20. The average Bonchev–Trinajstić information content (AvgIpc) is 3.35. The van der Waals surface area contributed by atoms with Crippen molar-refractivity contribution in [2.75, 3.05) is 40.3 Å². The predicted molar refractivity (Wildman–Crippen MR) is 105 cm³/mol. The van der Waals surface area contributed by atoms with E-state index in [9.17, 15) is 9.59 Å². The van der Waals surface area contributed by atoms with Gasteiger partial charge in [0.05, 0.1) is 0 Å². The molecule has 2 aromatic heterocycles. The van der Waals surface area contributed by atoms with E-state index in [-0.39, 0.29) is 11.8 Å². The molecule has 4 rings (SSSR count). The molecule has 8 nitrogen and oxygen atoms in total. The van der Waals surface area contributed by atoms with Crippen LogP contribution in [-0.4, -0.2) is 87.2 Å². The zero-order chi connectivity index (χ0) is 19.8. The molecule has 1 atom stereocenters. The summed E-state index contributed by atoms with van der Waals surface area (Å²) in [7, 11) is 4.10. The summed E-state index contributed by atoms with van der Waals surface area (Å²) in [6, 6.07) is 2.41. The minimum Gasteiger partial charge on any atom is -0.343 e. The fourth-order valence-electron chi connectivity index (χ4n) is 4.39. The molecule has 8 heteroatoms. The SMILES string of the molecule is CC(=O)N1CCC(c2ccnc3c(C(=O)N4CCC(N(C)C)C4)ncn23)CC1. The number of imidazole rings is 1. The van der Waals surface area contributed by atoms with Crippen molar-refractivity contribution in [3.8, 4) is 0 Å². The van der Waals surface area contributed by atoms with Crippen LogP contribution in [0.4, 0.5) is 0 Å². The van der Waals surface area contributed by atoms with Crippen molar-refractivity contribution in [2.45, 2.75) is 38.1 Å². The number of piperidine rings is 1. The monoisotopic (exact) mass is 384 g/mol. The topological polar surface area (TPSA) is 74.1 Å². The second-order valence-corrected chi connectivity index (χ2v) is 8.09. The molecule has 0 aromatic carbocycles. The predicted octanol–water partition coefficient (Wildman–Crippen LogP) is 1.23. The van der Waals surface area contributed by atoms with Crippen LogP contribution in [0.5, 0.6) is 0 Å². The Kier molecular flexibility index (Phi) is 5.05. The number of aromatic nitrogens is 3. The molecule has 2 aromatic rings. The molecule has 2 saturated heterocycles. The lowest BCUT2D eigenvalue weighted by Gasteiger charge is -2.31. The van der Waals surface area contributed by atoms with Crippen LogP contribution >= 0.6 is 0 Å². The second-order valence-electron chi connectivity index (χ2n) is 8.09. The van der Waals surface area contributed by atoms with Crippen LogP contribution in [0.1, 0.15) is 48.3 Å². The summed E-state index contributed by atoms with van der Waals surface area (Å²) >= 11 is 0. The quantitative estimate of drug-likeness (QED) is 0.796. The summed E-state index contributed by atoms with van der Waals surface area (Å²) in [6.07, 6.45) is 6.31. The van der Waals surface area contributed by atoms with Gasteiger partial charge in [-0.2, -0.15) is 0 Å². The van der Waals surface area contributed by atoms with Gasteiger partial charge < -0.3 is 14.7 Å². The minimum absolute atomic E-state index is 0.0390. The van der Waals surface area contributed by atoms with E-state index in [2.05, 4.69) is 29.0 Å². The van der Waals surface area contributed by atoms with E-state index in [1.165, 1.54) is 0 Å². The van der Waals surface area contributed by atoms with Crippen molar-refractivity contribution in [3.63, 3.8) is 0 Å². The molecule has 0 radical (unpaired) electrons. The van der Waals surface area contributed by atoms with Crippen molar-refractivity contribution in [1.29, 1.82) is 0 Å².